The molecule has 26 heavy (non-hydrogen) atoms. The predicted molar refractivity (Wildman–Crippen MR) is 103 cm³/mol. The molecule has 2 aromatic heterocycles. The normalized spacial score (nSPS) is 12.2. The number of carbonyl (C=O) groups is 1. The molecule has 3 rings (SSSR count). The number of carbonyl (C=O) groups excluding carboxylic acids is 1. The summed E-state index contributed by atoms with van der Waals surface area (Å²) >= 11 is 11.9. The van der Waals surface area contributed by atoms with Gasteiger partial charge in [-0.1, -0.05) is 29.3 Å². The zero-order valence-corrected chi connectivity index (χ0v) is 16.0. The van der Waals surface area contributed by atoms with Crippen LogP contribution in [0, 0.1) is 6.92 Å². The molecule has 136 valence electrons. The number of nitrogens with one attached hydrogen (secondary N) is 1. The topological polar surface area (TPSA) is 55.6 Å². The molecule has 3 aromatic rings. The van der Waals surface area contributed by atoms with Crippen LogP contribution in [-0.4, -0.2) is 27.9 Å². The van der Waals surface area contributed by atoms with Gasteiger partial charge in [0.25, 0.3) is 5.91 Å². The first-order valence-corrected chi connectivity index (χ1v) is 9.02. The third-order valence-corrected chi connectivity index (χ3v) is 4.52. The highest BCUT2D eigenvalue weighted by molar-refractivity contribution is 6.35. The van der Waals surface area contributed by atoms with Crippen molar-refractivity contribution in [2.24, 2.45) is 0 Å². The van der Waals surface area contributed by atoms with Gasteiger partial charge in [-0.05, 0) is 44.2 Å². The number of aromatic nitrogens is 2. The second kappa shape index (κ2) is 7.98. The number of benzene rings is 1. The average Bonchev–Trinajstić information content (AvgIpc) is 3.01. The molecular weight excluding hydrogens is 373 g/mol. The van der Waals surface area contributed by atoms with Gasteiger partial charge in [-0.3, -0.25) is 4.79 Å². The summed E-state index contributed by atoms with van der Waals surface area (Å²) in [6.07, 6.45) is 1.96. The molecule has 2 heterocycles. The molecule has 0 fully saturated rings. The Morgan fingerprint density at radius 1 is 1.31 bits per heavy atom. The van der Waals surface area contributed by atoms with Crippen molar-refractivity contribution in [1.29, 1.82) is 0 Å². The Kier molecular flexibility index (Phi) is 5.69. The Morgan fingerprint density at radius 3 is 2.85 bits per heavy atom. The van der Waals surface area contributed by atoms with E-state index in [-0.39, 0.29) is 5.91 Å². The minimum absolute atomic E-state index is 0.212. The first kappa shape index (κ1) is 18.5. The molecule has 0 aliphatic rings. The van der Waals surface area contributed by atoms with Crippen LogP contribution in [0.5, 0.6) is 5.75 Å². The van der Waals surface area contributed by atoms with Crippen molar-refractivity contribution < 1.29 is 9.53 Å². The van der Waals surface area contributed by atoms with Gasteiger partial charge in [-0.2, -0.15) is 0 Å². The van der Waals surface area contributed by atoms with Gasteiger partial charge in [0.05, 0.1) is 10.7 Å². The second-order valence-electron chi connectivity index (χ2n) is 6.00. The van der Waals surface area contributed by atoms with Crippen molar-refractivity contribution in [3.05, 3.63) is 64.0 Å². The molecule has 1 aromatic carbocycles. The van der Waals surface area contributed by atoms with E-state index in [0.717, 1.165) is 17.0 Å². The van der Waals surface area contributed by atoms with E-state index in [0.29, 0.717) is 28.8 Å². The molecule has 0 saturated carbocycles. The minimum Gasteiger partial charge on any atom is -0.479 e. The molecule has 0 aliphatic carbocycles. The standard InChI is InChI=1S/C19H19Cl2N3O2/c1-12-4-3-5-18-23-15(11-24(12)18)8-9-22-19(25)13(2)26-17-7-6-14(20)10-16(17)21/h3-7,10-11,13H,8-9H2,1-2H3,(H,22,25). The zero-order chi connectivity index (χ0) is 18.7. The monoisotopic (exact) mass is 391 g/mol. The Bertz CT molecular complexity index is 940. The van der Waals surface area contributed by atoms with Crippen LogP contribution in [0.15, 0.2) is 42.6 Å². The fourth-order valence-corrected chi connectivity index (χ4v) is 3.04. The number of nitrogens with zero attached hydrogens (tertiary/aromatic N) is 2. The molecule has 0 aliphatic heterocycles. The lowest BCUT2D eigenvalue weighted by molar-refractivity contribution is -0.127. The van der Waals surface area contributed by atoms with Gasteiger partial charge in [0.2, 0.25) is 0 Å². The van der Waals surface area contributed by atoms with E-state index in [1.165, 1.54) is 0 Å². The van der Waals surface area contributed by atoms with Crippen molar-refractivity contribution in [3.8, 4) is 5.75 Å². The molecular formula is C19H19Cl2N3O2. The summed E-state index contributed by atoms with van der Waals surface area (Å²) in [6, 6.07) is 10.9. The maximum Gasteiger partial charge on any atom is 0.260 e. The van der Waals surface area contributed by atoms with Gasteiger partial charge in [0.1, 0.15) is 11.4 Å². The summed E-state index contributed by atoms with van der Waals surface area (Å²) < 4.78 is 7.64. The van der Waals surface area contributed by atoms with Gasteiger partial charge in [-0.15, -0.1) is 0 Å². The minimum atomic E-state index is -0.669. The van der Waals surface area contributed by atoms with E-state index in [1.54, 1.807) is 25.1 Å². The first-order chi connectivity index (χ1) is 12.4. The fraction of sp³-hybridized carbons (Fsp3) is 0.263. The summed E-state index contributed by atoms with van der Waals surface area (Å²) in [4.78, 5) is 16.8. The van der Waals surface area contributed by atoms with Crippen molar-refractivity contribution >= 4 is 34.8 Å². The molecule has 1 unspecified atom stereocenters. The number of pyridine rings is 1. The van der Waals surface area contributed by atoms with Crippen LogP contribution in [0.2, 0.25) is 10.0 Å². The largest absolute Gasteiger partial charge is 0.479 e. The zero-order valence-electron chi connectivity index (χ0n) is 14.5. The van der Waals surface area contributed by atoms with Gasteiger partial charge in [0, 0.05) is 29.9 Å². The number of imidazole rings is 1. The Hall–Kier alpha value is -2.24. The third-order valence-electron chi connectivity index (χ3n) is 3.99. The second-order valence-corrected chi connectivity index (χ2v) is 6.85. The fourth-order valence-electron chi connectivity index (χ4n) is 2.59. The lowest BCUT2D eigenvalue weighted by atomic mass is 10.3. The summed E-state index contributed by atoms with van der Waals surface area (Å²) in [5, 5.41) is 3.75. The van der Waals surface area contributed by atoms with E-state index in [1.807, 2.05) is 35.7 Å². The van der Waals surface area contributed by atoms with Crippen LogP contribution in [0.25, 0.3) is 5.65 Å². The third kappa shape index (κ3) is 4.29. The van der Waals surface area contributed by atoms with Crippen molar-refractivity contribution in [2.75, 3.05) is 6.54 Å². The van der Waals surface area contributed by atoms with E-state index in [4.69, 9.17) is 27.9 Å². The average molecular weight is 392 g/mol. The lowest BCUT2D eigenvalue weighted by Crippen LogP contribution is -2.37. The number of hydrogen-bond donors (Lipinski definition) is 1. The number of fused-ring (bicyclic) bond motifs is 1. The molecule has 1 atom stereocenters. The molecule has 1 N–H and O–H groups in total. The highest BCUT2D eigenvalue weighted by Crippen LogP contribution is 2.28. The number of ether oxygens (including phenoxy) is 1. The quantitative estimate of drug-likeness (QED) is 0.688. The lowest BCUT2D eigenvalue weighted by Gasteiger charge is -2.15. The molecule has 0 bridgehead atoms. The van der Waals surface area contributed by atoms with Gasteiger partial charge in [0.15, 0.2) is 6.10 Å². The Balaban J connectivity index is 1.53. The van der Waals surface area contributed by atoms with Crippen LogP contribution in [0.3, 0.4) is 0 Å². The maximum atomic E-state index is 12.2. The van der Waals surface area contributed by atoms with E-state index in [2.05, 4.69) is 10.3 Å². The number of hydrogen-bond acceptors (Lipinski definition) is 3. The van der Waals surface area contributed by atoms with Crippen LogP contribution in [-0.2, 0) is 11.2 Å². The highest BCUT2D eigenvalue weighted by atomic mass is 35.5. The van der Waals surface area contributed by atoms with Crippen molar-refractivity contribution in [2.45, 2.75) is 26.4 Å². The van der Waals surface area contributed by atoms with E-state index >= 15 is 0 Å². The van der Waals surface area contributed by atoms with E-state index in [9.17, 15) is 4.79 Å². The molecule has 0 radical (unpaired) electrons. The highest BCUT2D eigenvalue weighted by Gasteiger charge is 2.16. The van der Waals surface area contributed by atoms with E-state index < -0.39 is 6.10 Å². The number of halogens is 2. The van der Waals surface area contributed by atoms with Crippen LogP contribution in [0.1, 0.15) is 18.3 Å². The molecule has 0 spiro atoms. The van der Waals surface area contributed by atoms with Crippen LogP contribution in [0.4, 0.5) is 0 Å². The van der Waals surface area contributed by atoms with Gasteiger partial charge >= 0.3 is 0 Å². The number of amides is 1. The van der Waals surface area contributed by atoms with Crippen LogP contribution >= 0.6 is 23.2 Å². The summed E-state index contributed by atoms with van der Waals surface area (Å²) in [7, 11) is 0. The molecule has 1 amide bonds. The molecule has 7 heteroatoms. The SMILES string of the molecule is Cc1cccc2nc(CCNC(=O)C(C)Oc3ccc(Cl)cc3Cl)cn12. The summed E-state index contributed by atoms with van der Waals surface area (Å²) in [5.74, 6) is 0.213. The number of rotatable bonds is 6. The summed E-state index contributed by atoms with van der Waals surface area (Å²) in [5.41, 5.74) is 2.95. The molecule has 0 saturated heterocycles. The van der Waals surface area contributed by atoms with Crippen molar-refractivity contribution in [1.82, 2.24) is 14.7 Å². The number of aryl methyl sites for hydroxylation is 1. The van der Waals surface area contributed by atoms with Gasteiger partial charge in [-0.25, -0.2) is 4.98 Å². The first-order valence-electron chi connectivity index (χ1n) is 8.27. The van der Waals surface area contributed by atoms with Crippen molar-refractivity contribution in [3.63, 3.8) is 0 Å². The van der Waals surface area contributed by atoms with Gasteiger partial charge < -0.3 is 14.5 Å². The summed E-state index contributed by atoms with van der Waals surface area (Å²) in [6.45, 7) is 4.18. The smallest absolute Gasteiger partial charge is 0.260 e. The molecule has 5 nitrogen and oxygen atoms in total. The Morgan fingerprint density at radius 2 is 2.12 bits per heavy atom. The Labute approximate surface area is 161 Å². The van der Waals surface area contributed by atoms with Crippen LogP contribution < -0.4 is 10.1 Å². The predicted octanol–water partition coefficient (Wildman–Crippen LogP) is 4.08. The maximum absolute atomic E-state index is 12.2.